The molecule has 0 aliphatic rings. The van der Waals surface area contributed by atoms with E-state index < -0.39 is 5.91 Å². The summed E-state index contributed by atoms with van der Waals surface area (Å²) < 4.78 is 0. The molecule has 0 atom stereocenters. The third kappa shape index (κ3) is 4.47. The molecule has 0 aliphatic heterocycles. The lowest BCUT2D eigenvalue weighted by Gasteiger charge is -2.08. The molecule has 0 spiro atoms. The molecule has 2 N–H and O–H groups in total. The minimum Gasteiger partial charge on any atom is -0.390 e. The molecule has 4 heteroatoms. The molecule has 0 bridgehead atoms. The monoisotopic (exact) mass is 257 g/mol. The molecule has 19 heavy (non-hydrogen) atoms. The smallest absolute Gasteiger partial charge is 0.267 e. The quantitative estimate of drug-likeness (QED) is 0.484. The number of carbonyl (C=O) groups excluding carboxylic acids is 1. The van der Waals surface area contributed by atoms with Gasteiger partial charge in [-0.25, -0.2) is 0 Å². The average molecular weight is 257 g/mol. The molecule has 0 fully saturated rings. The molecular formula is C15H19N3O. The van der Waals surface area contributed by atoms with E-state index >= 15 is 0 Å². The van der Waals surface area contributed by atoms with Gasteiger partial charge in [-0.2, -0.15) is 5.26 Å². The van der Waals surface area contributed by atoms with Gasteiger partial charge < -0.3 is 10.6 Å². The van der Waals surface area contributed by atoms with Gasteiger partial charge in [-0.1, -0.05) is 24.6 Å². The number of anilines is 1. The Morgan fingerprint density at radius 3 is 2.74 bits per heavy atom. The van der Waals surface area contributed by atoms with Crippen molar-refractivity contribution in [2.75, 3.05) is 11.9 Å². The molecule has 0 saturated carbocycles. The molecule has 4 nitrogen and oxygen atoms in total. The summed E-state index contributed by atoms with van der Waals surface area (Å²) in [6.45, 7) is 6.67. The van der Waals surface area contributed by atoms with Gasteiger partial charge in [0.2, 0.25) is 0 Å². The van der Waals surface area contributed by atoms with Gasteiger partial charge in [-0.15, -0.1) is 0 Å². The van der Waals surface area contributed by atoms with Gasteiger partial charge in [0.15, 0.2) is 0 Å². The second-order valence-electron chi connectivity index (χ2n) is 4.40. The van der Waals surface area contributed by atoms with E-state index in [1.807, 2.05) is 45.0 Å². The van der Waals surface area contributed by atoms with Crippen molar-refractivity contribution in [2.24, 2.45) is 0 Å². The van der Waals surface area contributed by atoms with E-state index in [2.05, 4.69) is 10.6 Å². The number of nitrogens with zero attached hydrogens (tertiary/aromatic N) is 1. The highest BCUT2D eigenvalue weighted by Gasteiger charge is 2.10. The first-order chi connectivity index (χ1) is 9.08. The number of nitriles is 1. The zero-order valence-electron chi connectivity index (χ0n) is 11.6. The summed E-state index contributed by atoms with van der Waals surface area (Å²) in [6.07, 6.45) is 2.40. The van der Waals surface area contributed by atoms with Crippen molar-refractivity contribution in [1.29, 1.82) is 5.26 Å². The van der Waals surface area contributed by atoms with Crippen LogP contribution in [0.25, 0.3) is 0 Å². The number of hydrogen-bond donors (Lipinski definition) is 2. The number of carbonyl (C=O) groups is 1. The first kappa shape index (κ1) is 14.8. The van der Waals surface area contributed by atoms with Crippen LogP contribution >= 0.6 is 0 Å². The Hall–Kier alpha value is -2.28. The highest BCUT2D eigenvalue weighted by Crippen LogP contribution is 2.16. The van der Waals surface area contributed by atoms with Gasteiger partial charge in [-0.3, -0.25) is 4.79 Å². The average Bonchev–Trinajstić information content (AvgIpc) is 2.38. The van der Waals surface area contributed by atoms with E-state index in [1.165, 1.54) is 6.20 Å². The van der Waals surface area contributed by atoms with Crippen LogP contribution in [0.4, 0.5) is 5.69 Å². The van der Waals surface area contributed by atoms with Crippen LogP contribution < -0.4 is 10.6 Å². The Kier molecular flexibility index (Phi) is 5.62. The first-order valence-electron chi connectivity index (χ1n) is 6.30. The van der Waals surface area contributed by atoms with Gasteiger partial charge in [0.1, 0.15) is 11.6 Å². The van der Waals surface area contributed by atoms with Crippen molar-refractivity contribution in [3.05, 3.63) is 41.1 Å². The zero-order chi connectivity index (χ0) is 14.3. The number of rotatable bonds is 5. The molecule has 0 radical (unpaired) electrons. The minimum atomic E-state index is -0.391. The molecule has 100 valence electrons. The molecule has 1 amide bonds. The molecule has 1 aromatic carbocycles. The van der Waals surface area contributed by atoms with Gasteiger partial charge in [0.05, 0.1) is 0 Å². The van der Waals surface area contributed by atoms with Crippen LogP contribution in [0, 0.1) is 25.2 Å². The van der Waals surface area contributed by atoms with Crippen LogP contribution in [0.15, 0.2) is 30.0 Å². The van der Waals surface area contributed by atoms with Crippen molar-refractivity contribution in [1.82, 2.24) is 5.32 Å². The number of aryl methyl sites for hydroxylation is 2. The largest absolute Gasteiger partial charge is 0.390 e. The number of hydrogen-bond acceptors (Lipinski definition) is 3. The van der Waals surface area contributed by atoms with Crippen molar-refractivity contribution < 1.29 is 4.79 Å². The molecule has 0 unspecified atom stereocenters. The van der Waals surface area contributed by atoms with E-state index in [4.69, 9.17) is 5.26 Å². The van der Waals surface area contributed by atoms with Crippen LogP contribution in [0.2, 0.25) is 0 Å². The maximum Gasteiger partial charge on any atom is 0.267 e. The normalized spacial score (nSPS) is 10.7. The molecular weight excluding hydrogens is 238 g/mol. The van der Waals surface area contributed by atoms with Crippen molar-refractivity contribution >= 4 is 11.6 Å². The molecule has 0 aromatic heterocycles. The molecule has 0 heterocycles. The standard InChI is InChI=1S/C15H19N3O/c1-4-7-17-10-13(9-16)15(19)18-14-6-5-11(2)8-12(14)3/h5-6,8,10,17H,4,7H2,1-3H3,(H,18,19)/b13-10-. The minimum absolute atomic E-state index is 0.0772. The molecule has 0 saturated heterocycles. The third-order valence-corrected chi connectivity index (χ3v) is 2.64. The highest BCUT2D eigenvalue weighted by atomic mass is 16.1. The maximum absolute atomic E-state index is 11.9. The Morgan fingerprint density at radius 2 is 2.16 bits per heavy atom. The van der Waals surface area contributed by atoms with E-state index in [0.29, 0.717) is 0 Å². The van der Waals surface area contributed by atoms with Crippen LogP contribution in [-0.4, -0.2) is 12.5 Å². The Labute approximate surface area is 114 Å². The summed E-state index contributed by atoms with van der Waals surface area (Å²) in [6, 6.07) is 7.65. The van der Waals surface area contributed by atoms with Crippen molar-refractivity contribution in [2.45, 2.75) is 27.2 Å². The predicted octanol–water partition coefficient (Wildman–Crippen LogP) is 2.65. The number of nitrogens with one attached hydrogen (secondary N) is 2. The summed E-state index contributed by atoms with van der Waals surface area (Å²) >= 11 is 0. The fraction of sp³-hybridized carbons (Fsp3) is 0.333. The Balaban J connectivity index is 2.77. The lowest BCUT2D eigenvalue weighted by atomic mass is 10.1. The van der Waals surface area contributed by atoms with Gasteiger partial charge >= 0.3 is 0 Å². The van der Waals surface area contributed by atoms with Crippen molar-refractivity contribution in [3.8, 4) is 6.07 Å². The predicted molar refractivity (Wildman–Crippen MR) is 76.5 cm³/mol. The summed E-state index contributed by atoms with van der Waals surface area (Å²) in [5.74, 6) is -0.391. The second-order valence-corrected chi connectivity index (χ2v) is 4.40. The number of benzene rings is 1. The lowest BCUT2D eigenvalue weighted by molar-refractivity contribution is -0.112. The molecule has 1 rings (SSSR count). The summed E-state index contributed by atoms with van der Waals surface area (Å²) in [4.78, 5) is 11.9. The van der Waals surface area contributed by atoms with E-state index in [9.17, 15) is 4.79 Å². The van der Waals surface area contributed by atoms with Crippen LogP contribution in [-0.2, 0) is 4.79 Å². The first-order valence-corrected chi connectivity index (χ1v) is 6.30. The van der Waals surface area contributed by atoms with Crippen LogP contribution in [0.3, 0.4) is 0 Å². The van der Waals surface area contributed by atoms with Gasteiger partial charge in [0.25, 0.3) is 5.91 Å². The maximum atomic E-state index is 11.9. The second kappa shape index (κ2) is 7.22. The third-order valence-electron chi connectivity index (χ3n) is 2.64. The fourth-order valence-electron chi connectivity index (χ4n) is 1.61. The van der Waals surface area contributed by atoms with Gasteiger partial charge in [0, 0.05) is 18.4 Å². The molecule has 1 aromatic rings. The van der Waals surface area contributed by atoms with Crippen LogP contribution in [0.1, 0.15) is 24.5 Å². The highest BCUT2D eigenvalue weighted by molar-refractivity contribution is 6.06. The van der Waals surface area contributed by atoms with E-state index in [-0.39, 0.29) is 5.57 Å². The summed E-state index contributed by atoms with van der Waals surface area (Å²) in [5, 5.41) is 14.6. The van der Waals surface area contributed by atoms with Crippen LogP contribution in [0.5, 0.6) is 0 Å². The van der Waals surface area contributed by atoms with E-state index in [1.54, 1.807) is 0 Å². The number of amides is 1. The lowest BCUT2D eigenvalue weighted by Crippen LogP contribution is -2.17. The molecule has 0 aliphatic carbocycles. The zero-order valence-corrected chi connectivity index (χ0v) is 11.6. The summed E-state index contributed by atoms with van der Waals surface area (Å²) in [7, 11) is 0. The fourth-order valence-corrected chi connectivity index (χ4v) is 1.61. The Bertz CT molecular complexity index is 527. The van der Waals surface area contributed by atoms with Crippen molar-refractivity contribution in [3.63, 3.8) is 0 Å². The Morgan fingerprint density at radius 1 is 1.42 bits per heavy atom. The SMILES string of the molecule is CCCN/C=C(/C#N)C(=O)Nc1ccc(C)cc1C. The summed E-state index contributed by atoms with van der Waals surface area (Å²) in [5.41, 5.74) is 2.92. The van der Waals surface area contributed by atoms with Gasteiger partial charge in [-0.05, 0) is 31.9 Å². The topological polar surface area (TPSA) is 64.9 Å². The van der Waals surface area contributed by atoms with E-state index in [0.717, 1.165) is 29.8 Å².